The van der Waals surface area contributed by atoms with Crippen molar-refractivity contribution < 1.29 is 19.4 Å². The number of rotatable bonds is 4. The van der Waals surface area contributed by atoms with Gasteiger partial charge in [0.05, 0.1) is 0 Å². The van der Waals surface area contributed by atoms with Crippen LogP contribution in [0.3, 0.4) is 0 Å². The maximum absolute atomic E-state index is 12.2. The zero-order valence-electron chi connectivity index (χ0n) is 12.1. The number of methoxy groups -OCH3 is 1. The molecule has 1 aliphatic carbocycles. The minimum Gasteiger partial charge on any atom is -0.480 e. The van der Waals surface area contributed by atoms with E-state index >= 15 is 0 Å². The lowest BCUT2D eigenvalue weighted by molar-refractivity contribution is -0.144. The van der Waals surface area contributed by atoms with Gasteiger partial charge in [0, 0.05) is 26.8 Å². The Morgan fingerprint density at radius 1 is 1.30 bits per heavy atom. The van der Waals surface area contributed by atoms with Crippen LogP contribution in [0.15, 0.2) is 0 Å². The Kier molecular flexibility index (Phi) is 4.86. The van der Waals surface area contributed by atoms with E-state index in [0.29, 0.717) is 31.8 Å². The first-order chi connectivity index (χ1) is 9.57. The number of amides is 2. The fourth-order valence-corrected chi connectivity index (χ4v) is 3.19. The molecule has 2 aliphatic rings. The van der Waals surface area contributed by atoms with Crippen LogP contribution in [-0.2, 0) is 9.53 Å². The number of carboxylic acid groups (broad SMARTS) is 1. The molecule has 0 bridgehead atoms. The van der Waals surface area contributed by atoms with Gasteiger partial charge in [-0.2, -0.15) is 0 Å². The molecule has 1 saturated carbocycles. The molecule has 0 unspecified atom stereocenters. The van der Waals surface area contributed by atoms with Crippen LogP contribution in [0.4, 0.5) is 4.79 Å². The number of carboxylic acids is 1. The lowest BCUT2D eigenvalue weighted by Crippen LogP contribution is -2.57. The van der Waals surface area contributed by atoms with Crippen molar-refractivity contribution in [3.05, 3.63) is 0 Å². The summed E-state index contributed by atoms with van der Waals surface area (Å²) < 4.78 is 5.14. The summed E-state index contributed by atoms with van der Waals surface area (Å²) in [4.78, 5) is 25.4. The second-order valence-corrected chi connectivity index (χ2v) is 5.91. The maximum Gasteiger partial charge on any atom is 0.329 e. The summed E-state index contributed by atoms with van der Waals surface area (Å²) in [5.41, 5.74) is -1.04. The van der Waals surface area contributed by atoms with Gasteiger partial charge in [-0.25, -0.2) is 9.59 Å². The number of hydrogen-bond acceptors (Lipinski definition) is 3. The van der Waals surface area contributed by atoms with E-state index < -0.39 is 11.5 Å². The number of likely N-dealkylation sites (tertiary alicyclic amines) is 1. The van der Waals surface area contributed by atoms with Crippen LogP contribution in [0, 0.1) is 5.92 Å². The second-order valence-electron chi connectivity index (χ2n) is 5.91. The highest BCUT2D eigenvalue weighted by atomic mass is 16.5. The molecule has 1 aliphatic heterocycles. The normalized spacial score (nSPS) is 22.8. The smallest absolute Gasteiger partial charge is 0.329 e. The van der Waals surface area contributed by atoms with Gasteiger partial charge in [0.1, 0.15) is 5.54 Å². The van der Waals surface area contributed by atoms with E-state index in [9.17, 15) is 14.7 Å². The van der Waals surface area contributed by atoms with Crippen molar-refractivity contribution in [3.63, 3.8) is 0 Å². The van der Waals surface area contributed by atoms with Crippen LogP contribution in [0.25, 0.3) is 0 Å². The number of urea groups is 1. The number of carbonyl (C=O) groups is 2. The quantitative estimate of drug-likeness (QED) is 0.819. The van der Waals surface area contributed by atoms with Crippen LogP contribution < -0.4 is 5.32 Å². The van der Waals surface area contributed by atoms with Crippen LogP contribution in [-0.4, -0.2) is 54.4 Å². The molecule has 2 rings (SSSR count). The van der Waals surface area contributed by atoms with E-state index in [1.165, 1.54) is 0 Å². The molecule has 0 aromatic heterocycles. The van der Waals surface area contributed by atoms with Crippen LogP contribution in [0.1, 0.15) is 38.5 Å². The van der Waals surface area contributed by atoms with E-state index in [1.54, 1.807) is 12.0 Å². The summed E-state index contributed by atoms with van der Waals surface area (Å²) in [6.07, 6.45) is 4.63. The molecule has 0 atom stereocenters. The molecule has 0 spiro atoms. The monoisotopic (exact) mass is 284 g/mol. The van der Waals surface area contributed by atoms with E-state index in [0.717, 1.165) is 32.3 Å². The Morgan fingerprint density at radius 3 is 2.40 bits per heavy atom. The summed E-state index contributed by atoms with van der Waals surface area (Å²) in [5.74, 6) is -0.401. The molecule has 1 saturated heterocycles. The summed E-state index contributed by atoms with van der Waals surface area (Å²) in [6, 6.07) is -0.231. The summed E-state index contributed by atoms with van der Waals surface area (Å²) in [5, 5.41) is 12.1. The van der Waals surface area contributed by atoms with E-state index in [4.69, 9.17) is 4.74 Å². The van der Waals surface area contributed by atoms with Gasteiger partial charge in [-0.05, 0) is 31.6 Å². The summed E-state index contributed by atoms with van der Waals surface area (Å²) >= 11 is 0. The van der Waals surface area contributed by atoms with Gasteiger partial charge in [0.2, 0.25) is 0 Å². The van der Waals surface area contributed by atoms with Crippen LogP contribution in [0.5, 0.6) is 0 Å². The highest BCUT2D eigenvalue weighted by Gasteiger charge is 2.43. The Morgan fingerprint density at radius 2 is 1.90 bits per heavy atom. The van der Waals surface area contributed by atoms with Gasteiger partial charge in [-0.1, -0.05) is 12.8 Å². The zero-order chi connectivity index (χ0) is 14.6. The van der Waals surface area contributed by atoms with Crippen molar-refractivity contribution in [2.75, 3.05) is 26.8 Å². The van der Waals surface area contributed by atoms with Crippen molar-refractivity contribution in [3.8, 4) is 0 Å². The van der Waals surface area contributed by atoms with E-state index in [2.05, 4.69) is 5.32 Å². The molecule has 2 amide bonds. The Labute approximate surface area is 119 Å². The van der Waals surface area contributed by atoms with Crippen LogP contribution in [0.2, 0.25) is 0 Å². The fourth-order valence-electron chi connectivity index (χ4n) is 3.19. The molecule has 2 N–H and O–H groups in total. The van der Waals surface area contributed by atoms with Gasteiger partial charge >= 0.3 is 12.0 Å². The van der Waals surface area contributed by atoms with E-state index in [-0.39, 0.29) is 6.03 Å². The average molecular weight is 284 g/mol. The Bertz CT molecular complexity index is 358. The van der Waals surface area contributed by atoms with Gasteiger partial charge in [0.25, 0.3) is 0 Å². The summed E-state index contributed by atoms with van der Waals surface area (Å²) in [7, 11) is 1.69. The lowest BCUT2D eigenvalue weighted by atomic mass is 9.96. The molecular weight excluding hydrogens is 260 g/mol. The summed E-state index contributed by atoms with van der Waals surface area (Å²) in [6.45, 7) is 2.08. The standard InChI is InChI=1S/C14H24N2O4/c1-20-10-11-4-8-16(9-5-11)13(19)15-14(12(17)18)6-2-3-7-14/h11H,2-10H2,1H3,(H,15,19)(H,17,18). The maximum atomic E-state index is 12.2. The molecular formula is C14H24N2O4. The Hall–Kier alpha value is -1.30. The minimum absolute atomic E-state index is 0.231. The highest BCUT2D eigenvalue weighted by molar-refractivity contribution is 5.86. The number of aliphatic carboxylic acids is 1. The van der Waals surface area contributed by atoms with Crippen molar-refractivity contribution in [2.45, 2.75) is 44.1 Å². The first-order valence-corrected chi connectivity index (χ1v) is 7.37. The topological polar surface area (TPSA) is 78.9 Å². The van der Waals surface area contributed by atoms with Gasteiger partial charge in [-0.15, -0.1) is 0 Å². The third-order valence-corrected chi connectivity index (χ3v) is 4.52. The fraction of sp³-hybridized carbons (Fsp3) is 0.857. The van der Waals surface area contributed by atoms with E-state index in [1.807, 2.05) is 0 Å². The number of hydrogen-bond donors (Lipinski definition) is 2. The zero-order valence-corrected chi connectivity index (χ0v) is 12.1. The molecule has 1 heterocycles. The lowest BCUT2D eigenvalue weighted by Gasteiger charge is -2.34. The number of nitrogens with zero attached hydrogens (tertiary/aromatic N) is 1. The number of carbonyl (C=O) groups excluding carboxylic acids is 1. The van der Waals surface area contributed by atoms with Crippen molar-refractivity contribution in [1.29, 1.82) is 0 Å². The van der Waals surface area contributed by atoms with Gasteiger partial charge < -0.3 is 20.1 Å². The minimum atomic E-state index is -1.04. The Balaban J connectivity index is 1.87. The number of nitrogens with one attached hydrogen (secondary N) is 1. The second kappa shape index (κ2) is 6.43. The van der Waals surface area contributed by atoms with Crippen LogP contribution >= 0.6 is 0 Å². The molecule has 0 radical (unpaired) electrons. The molecule has 6 heteroatoms. The number of piperidine rings is 1. The largest absolute Gasteiger partial charge is 0.480 e. The molecule has 114 valence electrons. The first-order valence-electron chi connectivity index (χ1n) is 7.37. The number of ether oxygens (including phenoxy) is 1. The molecule has 0 aromatic rings. The SMILES string of the molecule is COCC1CCN(C(=O)NC2(C(=O)O)CCCC2)CC1. The third kappa shape index (κ3) is 3.23. The predicted octanol–water partition coefficient (Wildman–Crippen LogP) is 1.45. The predicted molar refractivity (Wildman–Crippen MR) is 73.5 cm³/mol. The first kappa shape index (κ1) is 15.1. The van der Waals surface area contributed by atoms with Gasteiger partial charge in [0.15, 0.2) is 0 Å². The highest BCUT2D eigenvalue weighted by Crippen LogP contribution is 2.30. The molecule has 2 fully saturated rings. The molecule has 0 aromatic carbocycles. The van der Waals surface area contributed by atoms with Crippen molar-refractivity contribution in [2.24, 2.45) is 5.92 Å². The van der Waals surface area contributed by atoms with Crippen molar-refractivity contribution >= 4 is 12.0 Å². The molecule has 20 heavy (non-hydrogen) atoms. The third-order valence-electron chi connectivity index (χ3n) is 4.52. The van der Waals surface area contributed by atoms with Gasteiger partial charge in [-0.3, -0.25) is 0 Å². The molecule has 6 nitrogen and oxygen atoms in total. The average Bonchev–Trinajstić information content (AvgIpc) is 2.90. The van der Waals surface area contributed by atoms with Crippen molar-refractivity contribution in [1.82, 2.24) is 10.2 Å².